The summed E-state index contributed by atoms with van der Waals surface area (Å²) < 4.78 is 10.5. The number of aliphatic carboxylic acids is 2. The van der Waals surface area contributed by atoms with E-state index in [-0.39, 0.29) is 48.6 Å². The van der Waals surface area contributed by atoms with E-state index in [1.54, 1.807) is 12.1 Å². The number of carboxylic acid groups (broad SMARTS) is 2. The van der Waals surface area contributed by atoms with Gasteiger partial charge in [0.25, 0.3) is 11.6 Å². The Kier molecular flexibility index (Phi) is 8.37. The summed E-state index contributed by atoms with van der Waals surface area (Å²) in [7, 11) is 1.20. The fourth-order valence-corrected chi connectivity index (χ4v) is 5.10. The van der Waals surface area contributed by atoms with Crippen molar-refractivity contribution < 1.29 is 48.8 Å². The molecule has 13 heteroatoms. The molecule has 0 unspecified atom stereocenters. The SMILES string of the molecule is CO[C@@]1(NC(=O)CCCC(=O)O)C(=O)N2C(C(=O)O)=C(COC(=O)/C=C/c3ccc(O)cc3)CS[C@@H]21. The minimum absolute atomic E-state index is 0.0632. The van der Waals surface area contributed by atoms with Gasteiger partial charge in [0.1, 0.15) is 23.4 Å². The summed E-state index contributed by atoms with van der Waals surface area (Å²) in [6, 6.07) is 6.08. The summed E-state index contributed by atoms with van der Waals surface area (Å²) in [6.45, 7) is -0.370. The van der Waals surface area contributed by atoms with Crippen LogP contribution in [0.2, 0.25) is 0 Å². The maximum atomic E-state index is 13.0. The zero-order valence-electron chi connectivity index (χ0n) is 19.1. The third kappa shape index (κ3) is 5.69. The lowest BCUT2D eigenvalue weighted by Crippen LogP contribution is -2.80. The number of esters is 1. The van der Waals surface area contributed by atoms with E-state index < -0.39 is 40.8 Å². The van der Waals surface area contributed by atoms with Crippen molar-refractivity contribution in [3.8, 4) is 5.75 Å². The molecule has 0 radical (unpaired) electrons. The standard InChI is InChI=1S/C23H24N2O10S/c1-34-23(24-16(27)3-2-4-17(28)29)21(33)25-19(20(31)32)14(12-36-22(23)25)11-35-18(30)10-7-13-5-8-15(26)9-6-13/h5-10,22,26H,2-4,11-12H2,1H3,(H,24,27)(H,28,29)(H,31,32)/b10-7+/t22-,23+/m1/s1. The molecule has 0 aromatic heterocycles. The second-order valence-corrected chi connectivity index (χ2v) is 8.93. The van der Waals surface area contributed by atoms with Gasteiger partial charge in [0.15, 0.2) is 0 Å². The van der Waals surface area contributed by atoms with E-state index in [2.05, 4.69) is 5.32 Å². The fraction of sp³-hybridized carbons (Fsp3) is 0.348. The maximum absolute atomic E-state index is 13.0. The minimum Gasteiger partial charge on any atom is -0.508 e. The van der Waals surface area contributed by atoms with Crippen molar-refractivity contribution in [3.63, 3.8) is 0 Å². The molecule has 2 atom stereocenters. The summed E-state index contributed by atoms with van der Waals surface area (Å²) in [5.74, 6) is -4.44. The molecule has 0 bridgehead atoms. The molecule has 36 heavy (non-hydrogen) atoms. The molecule has 0 saturated carbocycles. The largest absolute Gasteiger partial charge is 0.508 e. The van der Waals surface area contributed by atoms with E-state index in [9.17, 15) is 34.2 Å². The summed E-state index contributed by atoms with van der Waals surface area (Å²) in [5, 5.41) is 29.4. The molecule has 192 valence electrons. The lowest BCUT2D eigenvalue weighted by molar-refractivity contribution is -0.192. The third-order valence-corrected chi connectivity index (χ3v) is 6.82. The van der Waals surface area contributed by atoms with Crippen molar-refractivity contribution in [3.05, 3.63) is 47.2 Å². The Morgan fingerprint density at radius 3 is 2.50 bits per heavy atom. The molecule has 2 aliphatic rings. The van der Waals surface area contributed by atoms with Crippen LogP contribution in [0, 0.1) is 0 Å². The number of hydrogen-bond acceptors (Lipinski definition) is 9. The van der Waals surface area contributed by atoms with Gasteiger partial charge in [-0.15, -0.1) is 11.8 Å². The first kappa shape index (κ1) is 26.8. The average Bonchev–Trinajstić information content (AvgIpc) is 2.84. The Balaban J connectivity index is 1.68. The zero-order chi connectivity index (χ0) is 26.5. The molecule has 0 aliphatic carbocycles. The van der Waals surface area contributed by atoms with Crippen LogP contribution < -0.4 is 5.32 Å². The van der Waals surface area contributed by atoms with E-state index in [0.717, 1.165) is 22.7 Å². The molecular formula is C23H24N2O10S. The van der Waals surface area contributed by atoms with Gasteiger partial charge in [-0.05, 0) is 30.2 Å². The summed E-state index contributed by atoms with van der Waals surface area (Å²) in [4.78, 5) is 61.0. The summed E-state index contributed by atoms with van der Waals surface area (Å²) >= 11 is 1.13. The molecule has 1 fully saturated rings. The Morgan fingerprint density at radius 1 is 1.19 bits per heavy atom. The van der Waals surface area contributed by atoms with Crippen LogP contribution in [-0.2, 0) is 33.4 Å². The molecule has 12 nitrogen and oxygen atoms in total. The molecule has 0 spiro atoms. The molecule has 3 rings (SSSR count). The molecule has 2 amide bonds. The van der Waals surface area contributed by atoms with Gasteiger partial charge in [-0.1, -0.05) is 12.1 Å². The summed E-state index contributed by atoms with van der Waals surface area (Å²) in [5.41, 5.74) is -1.31. The minimum atomic E-state index is -1.79. The monoisotopic (exact) mass is 520 g/mol. The van der Waals surface area contributed by atoms with Crippen LogP contribution in [0.1, 0.15) is 24.8 Å². The summed E-state index contributed by atoms with van der Waals surface area (Å²) in [6.07, 6.45) is 2.31. The third-order valence-electron chi connectivity index (χ3n) is 5.45. The normalized spacial score (nSPS) is 21.1. The predicted molar refractivity (Wildman–Crippen MR) is 125 cm³/mol. The van der Waals surface area contributed by atoms with Gasteiger partial charge in [0, 0.05) is 37.4 Å². The number of methoxy groups -OCH3 is 1. The van der Waals surface area contributed by atoms with Crippen LogP contribution in [0.15, 0.2) is 41.6 Å². The van der Waals surface area contributed by atoms with Crippen molar-refractivity contribution in [1.82, 2.24) is 10.2 Å². The maximum Gasteiger partial charge on any atom is 0.352 e. The second kappa shape index (κ2) is 11.3. The number of aromatic hydroxyl groups is 1. The first-order valence-corrected chi connectivity index (χ1v) is 11.8. The highest BCUT2D eigenvalue weighted by Gasteiger charge is 2.66. The number of hydrogen-bond donors (Lipinski definition) is 4. The first-order chi connectivity index (χ1) is 17.1. The van der Waals surface area contributed by atoms with Crippen LogP contribution >= 0.6 is 11.8 Å². The van der Waals surface area contributed by atoms with Gasteiger partial charge < -0.3 is 30.1 Å². The Morgan fingerprint density at radius 2 is 1.89 bits per heavy atom. The lowest BCUT2D eigenvalue weighted by atomic mass is 9.98. The number of phenols is 1. The van der Waals surface area contributed by atoms with Crippen LogP contribution in [-0.4, -0.2) is 80.5 Å². The zero-order valence-corrected chi connectivity index (χ0v) is 19.9. The number of nitrogens with one attached hydrogen (secondary N) is 1. The number of ether oxygens (including phenoxy) is 2. The van der Waals surface area contributed by atoms with Crippen molar-refractivity contribution in [2.45, 2.75) is 30.4 Å². The van der Waals surface area contributed by atoms with Crippen molar-refractivity contribution in [1.29, 1.82) is 0 Å². The number of fused-ring (bicyclic) bond motifs is 1. The van der Waals surface area contributed by atoms with E-state index in [1.807, 2.05) is 0 Å². The van der Waals surface area contributed by atoms with Crippen LogP contribution in [0.3, 0.4) is 0 Å². The lowest BCUT2D eigenvalue weighted by Gasteiger charge is -2.55. The van der Waals surface area contributed by atoms with Crippen LogP contribution in [0.25, 0.3) is 6.08 Å². The Hall–Kier alpha value is -3.84. The van der Waals surface area contributed by atoms with Gasteiger partial charge in [0.05, 0.1) is 0 Å². The van der Waals surface area contributed by atoms with Gasteiger partial charge in [-0.3, -0.25) is 19.3 Å². The molecule has 2 aliphatic heterocycles. The Bertz CT molecular complexity index is 1130. The topological polar surface area (TPSA) is 180 Å². The predicted octanol–water partition coefficient (Wildman–Crippen LogP) is 0.916. The number of amides is 2. The highest BCUT2D eigenvalue weighted by atomic mass is 32.2. The van der Waals surface area contributed by atoms with Gasteiger partial charge in [-0.25, -0.2) is 9.59 Å². The van der Waals surface area contributed by atoms with E-state index in [1.165, 1.54) is 25.3 Å². The highest BCUT2D eigenvalue weighted by Crippen LogP contribution is 2.46. The first-order valence-electron chi connectivity index (χ1n) is 10.7. The van der Waals surface area contributed by atoms with Crippen molar-refractivity contribution in [2.75, 3.05) is 19.5 Å². The Labute approximate surface area is 209 Å². The van der Waals surface area contributed by atoms with Gasteiger partial charge >= 0.3 is 17.9 Å². The van der Waals surface area contributed by atoms with E-state index >= 15 is 0 Å². The van der Waals surface area contributed by atoms with Crippen LogP contribution in [0.4, 0.5) is 0 Å². The number of rotatable bonds is 11. The average molecular weight is 521 g/mol. The number of β-lactam (4-membered cyclic amide) rings is 1. The number of thioether (sulfide) groups is 1. The molecule has 2 heterocycles. The quantitative estimate of drug-likeness (QED) is 0.141. The number of carbonyl (C=O) groups is 5. The van der Waals surface area contributed by atoms with E-state index in [0.29, 0.717) is 5.56 Å². The number of carboxylic acids is 2. The molecule has 1 aromatic rings. The smallest absolute Gasteiger partial charge is 0.352 e. The second-order valence-electron chi connectivity index (χ2n) is 7.86. The number of phenolic OH excluding ortho intramolecular Hbond substituents is 1. The highest BCUT2D eigenvalue weighted by molar-refractivity contribution is 8.00. The molecule has 1 aromatic carbocycles. The van der Waals surface area contributed by atoms with Gasteiger partial charge in [-0.2, -0.15) is 0 Å². The molecule has 4 N–H and O–H groups in total. The molecular weight excluding hydrogens is 496 g/mol. The van der Waals surface area contributed by atoms with Gasteiger partial charge in [0.2, 0.25) is 5.91 Å². The van der Waals surface area contributed by atoms with E-state index in [4.69, 9.17) is 14.6 Å². The number of carbonyl (C=O) groups excluding carboxylic acids is 3. The number of nitrogens with zero attached hydrogens (tertiary/aromatic N) is 1. The van der Waals surface area contributed by atoms with Crippen molar-refractivity contribution in [2.24, 2.45) is 0 Å². The fourth-order valence-electron chi connectivity index (χ4n) is 3.68. The number of benzene rings is 1. The van der Waals surface area contributed by atoms with Crippen molar-refractivity contribution >= 4 is 47.6 Å². The van der Waals surface area contributed by atoms with Crippen LogP contribution in [0.5, 0.6) is 5.75 Å². The molecule has 1 saturated heterocycles.